The molecule has 0 radical (unpaired) electrons. The van der Waals surface area contributed by atoms with Gasteiger partial charge in [-0.05, 0) is 25.7 Å². The van der Waals surface area contributed by atoms with Crippen LogP contribution in [0.5, 0.6) is 0 Å². The van der Waals surface area contributed by atoms with Crippen LogP contribution in [0.1, 0.15) is 142 Å². The molecule has 0 aliphatic heterocycles. The van der Waals surface area contributed by atoms with Gasteiger partial charge in [-0.25, -0.2) is 4.79 Å². The summed E-state index contributed by atoms with van der Waals surface area (Å²) in [5, 5.41) is 1.07. The van der Waals surface area contributed by atoms with Crippen molar-refractivity contribution < 1.29 is 14.6 Å². The summed E-state index contributed by atoms with van der Waals surface area (Å²) in [5.74, 6) is -0.193. The highest BCUT2D eigenvalue weighted by Crippen LogP contribution is 2.17. The van der Waals surface area contributed by atoms with E-state index < -0.39 is 0 Å². The van der Waals surface area contributed by atoms with E-state index in [9.17, 15) is 4.79 Å². The molecule has 0 fully saturated rings. The van der Waals surface area contributed by atoms with Gasteiger partial charge in [0.15, 0.2) is 0 Å². The number of hydrogen-bond acceptors (Lipinski definition) is 3. The average Bonchev–Trinajstić information content (AvgIpc) is 2.73. The number of carbonyl (C=O) groups excluding carboxylic acids is 1. The first-order valence-corrected chi connectivity index (χ1v) is 13.8. The first-order valence-electron chi connectivity index (χ1n) is 12.7. The molecule has 4 heteroatoms. The molecule has 29 heavy (non-hydrogen) atoms. The van der Waals surface area contributed by atoms with Gasteiger partial charge in [-0.3, -0.25) is 4.89 Å². The van der Waals surface area contributed by atoms with Gasteiger partial charge in [0, 0.05) is 11.8 Å². The van der Waals surface area contributed by atoms with Gasteiger partial charge in [0.25, 0.3) is 0 Å². The zero-order chi connectivity index (χ0) is 21.4. The lowest BCUT2D eigenvalue weighted by Crippen LogP contribution is -2.17. The Labute approximate surface area is 190 Å². The predicted molar refractivity (Wildman–Crippen MR) is 128 cm³/mol. The van der Waals surface area contributed by atoms with Crippen LogP contribution in [0.3, 0.4) is 0 Å². The lowest BCUT2D eigenvalue weighted by Gasteiger charge is -2.16. The lowest BCUT2D eigenvalue weighted by molar-refractivity contribution is -0.300. The zero-order valence-electron chi connectivity index (χ0n) is 19.5. The first-order chi connectivity index (χ1) is 14.2. The van der Waals surface area contributed by atoms with Gasteiger partial charge >= 0.3 is 5.97 Å². The van der Waals surface area contributed by atoms with Gasteiger partial charge < -0.3 is 0 Å². The SMILES string of the molecule is CCCCCCCCC(CCCCCCCC)OOC(=O)CCCCCCCBr. The molecule has 0 saturated carbocycles. The van der Waals surface area contributed by atoms with E-state index in [0.29, 0.717) is 6.42 Å². The van der Waals surface area contributed by atoms with Gasteiger partial charge in [-0.15, -0.1) is 0 Å². The largest absolute Gasteiger partial charge is 0.342 e. The summed E-state index contributed by atoms with van der Waals surface area (Å²) < 4.78 is 0. The Balaban J connectivity index is 3.96. The molecule has 0 aromatic heterocycles. The first kappa shape index (κ1) is 28.9. The molecular formula is C25H49BrO3. The summed E-state index contributed by atoms with van der Waals surface area (Å²) in [6.45, 7) is 4.50. The van der Waals surface area contributed by atoms with Crippen molar-refractivity contribution >= 4 is 21.9 Å². The lowest BCUT2D eigenvalue weighted by atomic mass is 10.0. The second-order valence-corrected chi connectivity index (χ2v) is 9.29. The van der Waals surface area contributed by atoms with E-state index in [2.05, 4.69) is 29.8 Å². The number of rotatable bonds is 23. The maximum atomic E-state index is 12.0. The topological polar surface area (TPSA) is 35.5 Å². The number of halogens is 1. The highest BCUT2D eigenvalue weighted by atomic mass is 79.9. The quantitative estimate of drug-likeness (QED) is 0.0637. The van der Waals surface area contributed by atoms with E-state index in [1.807, 2.05) is 0 Å². The molecule has 0 amide bonds. The minimum Gasteiger partial charge on any atom is -0.298 e. The van der Waals surface area contributed by atoms with Crippen molar-refractivity contribution in [2.24, 2.45) is 0 Å². The van der Waals surface area contributed by atoms with Crippen LogP contribution in [0.25, 0.3) is 0 Å². The van der Waals surface area contributed by atoms with Crippen LogP contribution in [0.4, 0.5) is 0 Å². The molecular weight excluding hydrogens is 428 g/mol. The normalized spacial score (nSPS) is 11.3. The fourth-order valence-corrected chi connectivity index (χ4v) is 4.00. The molecule has 174 valence electrons. The maximum Gasteiger partial charge on any atom is 0.342 e. The molecule has 0 rings (SSSR count). The number of carbonyl (C=O) groups is 1. The van der Waals surface area contributed by atoms with E-state index in [4.69, 9.17) is 9.78 Å². The second-order valence-electron chi connectivity index (χ2n) is 8.49. The molecule has 0 bridgehead atoms. The van der Waals surface area contributed by atoms with E-state index in [1.54, 1.807) is 0 Å². The van der Waals surface area contributed by atoms with E-state index >= 15 is 0 Å². The van der Waals surface area contributed by atoms with Crippen molar-refractivity contribution in [2.75, 3.05) is 5.33 Å². The van der Waals surface area contributed by atoms with Crippen LogP contribution >= 0.6 is 15.9 Å². The van der Waals surface area contributed by atoms with Gasteiger partial charge in [0.1, 0.15) is 6.10 Å². The molecule has 0 aromatic rings. The molecule has 0 heterocycles. The molecule has 0 aliphatic rings. The average molecular weight is 478 g/mol. The Hall–Kier alpha value is -0.0900. The van der Waals surface area contributed by atoms with Crippen LogP contribution in [-0.4, -0.2) is 17.4 Å². The summed E-state index contributed by atoms with van der Waals surface area (Å²) in [6, 6.07) is 0. The molecule has 0 aromatic carbocycles. The Bertz CT molecular complexity index is 320. The van der Waals surface area contributed by atoms with Crippen molar-refractivity contribution in [2.45, 2.75) is 148 Å². The third-order valence-electron chi connectivity index (χ3n) is 5.55. The number of unbranched alkanes of at least 4 members (excludes halogenated alkanes) is 14. The minimum atomic E-state index is -0.193. The van der Waals surface area contributed by atoms with Crippen molar-refractivity contribution in [1.29, 1.82) is 0 Å². The van der Waals surface area contributed by atoms with Crippen LogP contribution in [0, 0.1) is 0 Å². The third-order valence-corrected chi connectivity index (χ3v) is 6.11. The summed E-state index contributed by atoms with van der Waals surface area (Å²) in [6.07, 6.45) is 23.7. The van der Waals surface area contributed by atoms with E-state index in [0.717, 1.165) is 31.0 Å². The molecule has 0 spiro atoms. The van der Waals surface area contributed by atoms with Crippen molar-refractivity contribution in [3.8, 4) is 0 Å². The number of alkyl halides is 1. The molecule has 0 unspecified atom stereocenters. The van der Waals surface area contributed by atoms with Gasteiger partial charge in [-0.2, -0.15) is 4.89 Å². The van der Waals surface area contributed by atoms with E-state index in [1.165, 1.54) is 96.3 Å². The highest BCUT2D eigenvalue weighted by Gasteiger charge is 2.13. The van der Waals surface area contributed by atoms with Gasteiger partial charge in [0.05, 0.1) is 0 Å². The summed E-state index contributed by atoms with van der Waals surface area (Å²) in [4.78, 5) is 22.8. The minimum absolute atomic E-state index is 0.0789. The summed E-state index contributed by atoms with van der Waals surface area (Å²) in [5.41, 5.74) is 0. The van der Waals surface area contributed by atoms with Crippen LogP contribution in [-0.2, 0) is 14.6 Å². The Morgan fingerprint density at radius 2 is 1.10 bits per heavy atom. The highest BCUT2D eigenvalue weighted by molar-refractivity contribution is 9.09. The molecule has 3 nitrogen and oxygen atoms in total. The maximum absolute atomic E-state index is 12.0. The van der Waals surface area contributed by atoms with Crippen LogP contribution in [0.2, 0.25) is 0 Å². The van der Waals surface area contributed by atoms with Crippen LogP contribution < -0.4 is 0 Å². The smallest absolute Gasteiger partial charge is 0.298 e. The van der Waals surface area contributed by atoms with Gasteiger partial charge in [0.2, 0.25) is 0 Å². The summed E-state index contributed by atoms with van der Waals surface area (Å²) >= 11 is 3.45. The number of hydrogen-bond donors (Lipinski definition) is 0. The zero-order valence-corrected chi connectivity index (χ0v) is 21.1. The van der Waals surface area contributed by atoms with E-state index in [-0.39, 0.29) is 12.1 Å². The Morgan fingerprint density at radius 3 is 1.62 bits per heavy atom. The Morgan fingerprint density at radius 1 is 0.655 bits per heavy atom. The fraction of sp³-hybridized carbons (Fsp3) is 0.960. The third kappa shape index (κ3) is 22.4. The van der Waals surface area contributed by atoms with Gasteiger partial charge in [-0.1, -0.05) is 126 Å². The molecule has 0 atom stereocenters. The molecule has 0 saturated heterocycles. The Kier molecular flexibility index (Phi) is 24.1. The van der Waals surface area contributed by atoms with Crippen molar-refractivity contribution in [3.63, 3.8) is 0 Å². The molecule has 0 N–H and O–H groups in total. The second kappa shape index (κ2) is 24.2. The standard InChI is InChI=1S/C25H49BrO3/c1-3-5-7-9-12-16-20-24(21-17-13-10-8-6-4-2)28-29-25(27)22-18-14-11-15-19-23-26/h24H,3-23H2,1-2H3. The van der Waals surface area contributed by atoms with Crippen LogP contribution in [0.15, 0.2) is 0 Å². The fourth-order valence-electron chi connectivity index (χ4n) is 3.60. The summed E-state index contributed by atoms with van der Waals surface area (Å²) in [7, 11) is 0. The monoisotopic (exact) mass is 476 g/mol. The predicted octanol–water partition coefficient (Wildman–Crippen LogP) is 9.07. The van der Waals surface area contributed by atoms with Crippen molar-refractivity contribution in [3.05, 3.63) is 0 Å². The molecule has 0 aliphatic carbocycles. The van der Waals surface area contributed by atoms with Crippen molar-refractivity contribution in [1.82, 2.24) is 0 Å².